The van der Waals surface area contributed by atoms with Gasteiger partial charge in [-0.2, -0.15) is 10.1 Å². The number of nitrogens with zero attached hydrogens (tertiary/aromatic N) is 4. The van der Waals surface area contributed by atoms with Crippen LogP contribution in [0.5, 0.6) is 0 Å². The molecule has 8 heteroatoms. The number of rotatable bonds is 5. The van der Waals surface area contributed by atoms with Gasteiger partial charge in [-0.3, -0.25) is 9.59 Å². The largest absolute Gasteiger partial charge is 0.354 e. The van der Waals surface area contributed by atoms with Gasteiger partial charge in [0.2, 0.25) is 5.91 Å². The lowest BCUT2D eigenvalue weighted by Crippen LogP contribution is -2.30. The number of carbonyl (C=O) groups excluding carboxylic acids is 1. The van der Waals surface area contributed by atoms with E-state index in [9.17, 15) is 9.59 Å². The molecular weight excluding hydrogens is 274 g/mol. The van der Waals surface area contributed by atoms with Crippen LogP contribution in [-0.2, 0) is 11.3 Å². The highest BCUT2D eigenvalue weighted by molar-refractivity contribution is 5.72. The van der Waals surface area contributed by atoms with Crippen molar-refractivity contribution in [1.82, 2.24) is 25.2 Å². The molecule has 0 bridgehead atoms. The summed E-state index contributed by atoms with van der Waals surface area (Å²) in [7, 11) is 0. The van der Waals surface area contributed by atoms with Crippen LogP contribution in [-0.4, -0.2) is 32.4 Å². The Labute approximate surface area is 120 Å². The van der Waals surface area contributed by atoms with E-state index < -0.39 is 0 Å². The first-order chi connectivity index (χ1) is 10.1. The molecule has 0 spiro atoms. The minimum absolute atomic E-state index is 0.148. The molecule has 1 N–H and O–H groups in total. The first kappa shape index (κ1) is 13.5. The van der Waals surface area contributed by atoms with E-state index in [0.717, 1.165) is 12.8 Å². The SMILES string of the molecule is CC(=O)NCCn1nc(-c2nc(C3CC3)no2)ccc1=O. The highest BCUT2D eigenvalue weighted by Gasteiger charge is 2.29. The summed E-state index contributed by atoms with van der Waals surface area (Å²) in [5.41, 5.74) is 0.211. The van der Waals surface area contributed by atoms with Crippen molar-refractivity contribution in [3.05, 3.63) is 28.3 Å². The Kier molecular flexibility index (Phi) is 3.51. The second-order valence-corrected chi connectivity index (χ2v) is 4.99. The third kappa shape index (κ3) is 3.15. The first-order valence-corrected chi connectivity index (χ1v) is 6.80. The van der Waals surface area contributed by atoms with Crippen LogP contribution in [0.1, 0.15) is 31.5 Å². The normalized spacial score (nSPS) is 14.1. The molecule has 110 valence electrons. The average molecular weight is 289 g/mol. The predicted octanol–water partition coefficient (Wildman–Crippen LogP) is 0.307. The highest BCUT2D eigenvalue weighted by Crippen LogP contribution is 2.38. The maximum atomic E-state index is 11.7. The standard InChI is InChI=1S/C13H15N5O3/c1-8(19)14-6-7-18-11(20)5-4-10(16-18)13-15-12(17-21-13)9-2-3-9/h4-5,9H,2-3,6-7H2,1H3,(H,14,19). The number of amides is 1. The lowest BCUT2D eigenvalue weighted by atomic mass is 10.3. The molecule has 0 radical (unpaired) electrons. The Hall–Kier alpha value is -2.51. The molecule has 0 atom stereocenters. The van der Waals surface area contributed by atoms with E-state index >= 15 is 0 Å². The van der Waals surface area contributed by atoms with Gasteiger partial charge < -0.3 is 9.84 Å². The topological polar surface area (TPSA) is 103 Å². The minimum atomic E-state index is -0.244. The van der Waals surface area contributed by atoms with Gasteiger partial charge in [0.1, 0.15) is 5.69 Å². The summed E-state index contributed by atoms with van der Waals surface area (Å²) in [6, 6.07) is 2.96. The second kappa shape index (κ2) is 5.47. The van der Waals surface area contributed by atoms with Gasteiger partial charge >= 0.3 is 0 Å². The Morgan fingerprint density at radius 1 is 1.48 bits per heavy atom. The zero-order valence-electron chi connectivity index (χ0n) is 11.6. The van der Waals surface area contributed by atoms with Crippen molar-refractivity contribution >= 4 is 5.91 Å². The maximum Gasteiger partial charge on any atom is 0.278 e. The van der Waals surface area contributed by atoms with Crippen LogP contribution < -0.4 is 10.9 Å². The summed E-state index contributed by atoms with van der Waals surface area (Å²) in [6.07, 6.45) is 2.17. The van der Waals surface area contributed by atoms with Crippen molar-refractivity contribution < 1.29 is 9.32 Å². The molecule has 0 aliphatic heterocycles. The van der Waals surface area contributed by atoms with Gasteiger partial charge in [-0.15, -0.1) is 0 Å². The molecule has 0 aromatic carbocycles. The Morgan fingerprint density at radius 2 is 2.29 bits per heavy atom. The van der Waals surface area contributed by atoms with Gasteiger partial charge in [-0.05, 0) is 18.9 Å². The van der Waals surface area contributed by atoms with E-state index in [4.69, 9.17) is 4.52 Å². The summed E-state index contributed by atoms with van der Waals surface area (Å²) in [5, 5.41) is 10.7. The Bertz CT molecular complexity index is 717. The molecule has 2 heterocycles. The molecule has 1 fully saturated rings. The Balaban J connectivity index is 1.78. The van der Waals surface area contributed by atoms with E-state index in [1.165, 1.54) is 17.7 Å². The fourth-order valence-corrected chi connectivity index (χ4v) is 1.91. The lowest BCUT2D eigenvalue weighted by molar-refractivity contribution is -0.118. The van der Waals surface area contributed by atoms with Crippen molar-refractivity contribution in [2.75, 3.05) is 6.54 Å². The van der Waals surface area contributed by atoms with E-state index in [0.29, 0.717) is 29.9 Å². The number of hydrogen-bond acceptors (Lipinski definition) is 6. The van der Waals surface area contributed by atoms with Crippen LogP contribution >= 0.6 is 0 Å². The number of carbonyl (C=O) groups is 1. The molecule has 3 rings (SSSR count). The van der Waals surface area contributed by atoms with E-state index in [1.807, 2.05) is 0 Å². The third-order valence-electron chi connectivity index (χ3n) is 3.17. The predicted molar refractivity (Wildman–Crippen MR) is 72.4 cm³/mol. The second-order valence-electron chi connectivity index (χ2n) is 4.99. The molecular formula is C13H15N5O3. The van der Waals surface area contributed by atoms with Crippen molar-refractivity contribution in [3.8, 4) is 11.6 Å². The molecule has 1 saturated carbocycles. The summed E-state index contributed by atoms with van der Waals surface area (Å²) >= 11 is 0. The highest BCUT2D eigenvalue weighted by atomic mass is 16.5. The number of hydrogen-bond donors (Lipinski definition) is 1. The molecule has 0 saturated heterocycles. The van der Waals surface area contributed by atoms with Gasteiger partial charge in [0.05, 0.1) is 6.54 Å². The fourth-order valence-electron chi connectivity index (χ4n) is 1.91. The van der Waals surface area contributed by atoms with E-state index in [1.54, 1.807) is 6.07 Å². The van der Waals surface area contributed by atoms with Crippen LogP contribution in [0, 0.1) is 0 Å². The molecule has 0 unspecified atom stereocenters. The summed E-state index contributed by atoms with van der Waals surface area (Å²) in [6.45, 7) is 2.04. The molecule has 2 aromatic heterocycles. The zero-order valence-corrected chi connectivity index (χ0v) is 11.6. The van der Waals surface area contributed by atoms with Crippen LogP contribution in [0.3, 0.4) is 0 Å². The van der Waals surface area contributed by atoms with Crippen molar-refractivity contribution in [1.29, 1.82) is 0 Å². The first-order valence-electron chi connectivity index (χ1n) is 6.80. The molecule has 1 amide bonds. The van der Waals surface area contributed by atoms with Crippen molar-refractivity contribution in [2.45, 2.75) is 32.2 Å². The van der Waals surface area contributed by atoms with Crippen LogP contribution in [0.15, 0.2) is 21.5 Å². The van der Waals surface area contributed by atoms with Crippen molar-refractivity contribution in [3.63, 3.8) is 0 Å². The summed E-state index contributed by atoms with van der Waals surface area (Å²) < 4.78 is 6.45. The fraction of sp³-hybridized carbons (Fsp3) is 0.462. The number of nitrogens with one attached hydrogen (secondary N) is 1. The smallest absolute Gasteiger partial charge is 0.278 e. The van der Waals surface area contributed by atoms with Gasteiger partial charge in [-0.1, -0.05) is 5.16 Å². The molecule has 1 aliphatic carbocycles. The molecule has 1 aliphatic rings. The van der Waals surface area contributed by atoms with E-state index in [-0.39, 0.29) is 18.0 Å². The van der Waals surface area contributed by atoms with Gasteiger partial charge in [-0.25, -0.2) is 4.68 Å². The molecule has 2 aromatic rings. The Morgan fingerprint density at radius 3 is 3.00 bits per heavy atom. The molecule has 21 heavy (non-hydrogen) atoms. The van der Waals surface area contributed by atoms with Crippen LogP contribution in [0.4, 0.5) is 0 Å². The monoisotopic (exact) mass is 289 g/mol. The quantitative estimate of drug-likeness (QED) is 0.849. The summed E-state index contributed by atoms with van der Waals surface area (Å²) in [5.74, 6) is 1.26. The van der Waals surface area contributed by atoms with Gasteiger partial charge in [0.25, 0.3) is 11.4 Å². The number of aromatic nitrogens is 4. The summed E-state index contributed by atoms with van der Waals surface area (Å²) in [4.78, 5) is 26.8. The maximum absolute atomic E-state index is 11.7. The third-order valence-corrected chi connectivity index (χ3v) is 3.17. The lowest BCUT2D eigenvalue weighted by Gasteiger charge is -2.05. The van der Waals surface area contributed by atoms with Crippen LogP contribution in [0.25, 0.3) is 11.6 Å². The minimum Gasteiger partial charge on any atom is -0.354 e. The molecule has 8 nitrogen and oxygen atoms in total. The van der Waals surface area contributed by atoms with Gasteiger partial charge in [0, 0.05) is 25.5 Å². The average Bonchev–Trinajstić information content (AvgIpc) is 3.18. The van der Waals surface area contributed by atoms with Gasteiger partial charge in [0.15, 0.2) is 5.82 Å². The van der Waals surface area contributed by atoms with Crippen molar-refractivity contribution in [2.24, 2.45) is 0 Å². The zero-order chi connectivity index (χ0) is 14.8. The van der Waals surface area contributed by atoms with Crippen LogP contribution in [0.2, 0.25) is 0 Å². The van der Waals surface area contributed by atoms with E-state index in [2.05, 4.69) is 20.6 Å².